The van der Waals surface area contributed by atoms with E-state index in [1.54, 1.807) is 23.4 Å². The van der Waals surface area contributed by atoms with Crippen LogP contribution < -0.4 is 16.1 Å². The molecule has 0 aliphatic carbocycles. The van der Waals surface area contributed by atoms with E-state index in [-0.39, 0.29) is 37.9 Å². The highest BCUT2D eigenvalue weighted by atomic mass is 19.1. The highest BCUT2D eigenvalue weighted by molar-refractivity contribution is 5.89. The molecule has 10 heteroatoms. The lowest BCUT2D eigenvalue weighted by molar-refractivity contribution is -0.142. The standard InChI is InChI=1S/C29H37FN6O3/c1-19(2)21-10-12-23(13-11-21)28(22-8-6-5-7-9-22)33-29(39)26-14-24(30)17-35(26)27(38)18-36-25(15-31-20(3)37)16-32-34(36)4/h5-13,16,19,24,26,28,32H,14-15,17-18H2,1-4H3,(H,31,37)(H,33,39)/t24-,26+,28+/m1/s1. The van der Waals surface area contributed by atoms with Crippen molar-refractivity contribution in [1.82, 2.24) is 31.1 Å². The fourth-order valence-electron chi connectivity index (χ4n) is 4.91. The van der Waals surface area contributed by atoms with E-state index in [1.165, 1.54) is 17.4 Å². The molecular formula is C29H37FN6O3. The first-order valence-electron chi connectivity index (χ1n) is 13.2. The lowest BCUT2D eigenvalue weighted by Crippen LogP contribution is -2.52. The minimum Gasteiger partial charge on any atom is -0.351 e. The molecule has 3 amide bonds. The number of nitrogens with one attached hydrogen (secondary N) is 3. The van der Waals surface area contributed by atoms with Crippen LogP contribution in [0, 0.1) is 0 Å². The monoisotopic (exact) mass is 536 g/mol. The molecule has 2 aliphatic heterocycles. The van der Waals surface area contributed by atoms with Gasteiger partial charge in [-0.05, 0) is 22.6 Å². The van der Waals surface area contributed by atoms with Gasteiger partial charge in [0.25, 0.3) is 0 Å². The van der Waals surface area contributed by atoms with Crippen molar-refractivity contribution in [1.29, 1.82) is 0 Å². The van der Waals surface area contributed by atoms with Gasteiger partial charge in [0.05, 0.1) is 24.8 Å². The third-order valence-corrected chi connectivity index (χ3v) is 7.14. The molecule has 39 heavy (non-hydrogen) atoms. The fraction of sp³-hybridized carbons (Fsp3) is 0.414. The van der Waals surface area contributed by atoms with Crippen LogP contribution in [-0.4, -0.2) is 71.6 Å². The van der Waals surface area contributed by atoms with Crippen LogP contribution in [0.3, 0.4) is 0 Å². The van der Waals surface area contributed by atoms with Crippen LogP contribution in [0.1, 0.15) is 55.8 Å². The van der Waals surface area contributed by atoms with Gasteiger partial charge in [0.2, 0.25) is 17.7 Å². The van der Waals surface area contributed by atoms with E-state index in [2.05, 4.69) is 42.0 Å². The molecule has 3 atom stereocenters. The number of hydrazine groups is 2. The molecule has 2 aromatic carbocycles. The van der Waals surface area contributed by atoms with Gasteiger partial charge in [-0.1, -0.05) is 68.4 Å². The number of halogens is 1. The molecule has 1 fully saturated rings. The van der Waals surface area contributed by atoms with Crippen LogP contribution in [0.5, 0.6) is 0 Å². The largest absolute Gasteiger partial charge is 0.351 e. The maximum absolute atomic E-state index is 14.7. The fourth-order valence-corrected chi connectivity index (χ4v) is 4.91. The molecule has 4 rings (SSSR count). The molecule has 208 valence electrons. The number of amides is 3. The number of benzene rings is 2. The van der Waals surface area contributed by atoms with Gasteiger partial charge >= 0.3 is 0 Å². The number of carbonyl (C=O) groups is 3. The quantitative estimate of drug-likeness (QED) is 0.456. The number of hydrogen-bond acceptors (Lipinski definition) is 6. The molecule has 2 aromatic rings. The van der Waals surface area contributed by atoms with Gasteiger partial charge in [0.15, 0.2) is 0 Å². The number of alkyl halides is 1. The van der Waals surface area contributed by atoms with Crippen LogP contribution in [0.2, 0.25) is 0 Å². The first kappa shape index (κ1) is 28.1. The normalized spacial score (nSPS) is 20.0. The molecule has 2 aliphatic rings. The number of hydrogen-bond donors (Lipinski definition) is 3. The zero-order chi connectivity index (χ0) is 28.1. The number of carbonyl (C=O) groups excluding carboxylic acids is 3. The second-order valence-corrected chi connectivity index (χ2v) is 10.3. The van der Waals surface area contributed by atoms with Crippen molar-refractivity contribution >= 4 is 17.7 Å². The summed E-state index contributed by atoms with van der Waals surface area (Å²) in [6, 6.07) is 16.3. The minimum absolute atomic E-state index is 0.0615. The van der Waals surface area contributed by atoms with Crippen LogP contribution >= 0.6 is 0 Å². The Hall–Kier alpha value is -3.92. The van der Waals surface area contributed by atoms with E-state index in [0.717, 1.165) is 11.1 Å². The van der Waals surface area contributed by atoms with Gasteiger partial charge in [-0.2, -0.15) is 0 Å². The van der Waals surface area contributed by atoms with Crippen molar-refractivity contribution in [2.24, 2.45) is 0 Å². The maximum Gasteiger partial charge on any atom is 0.244 e. The highest BCUT2D eigenvalue weighted by Crippen LogP contribution is 2.27. The molecule has 0 bridgehead atoms. The molecule has 0 radical (unpaired) electrons. The summed E-state index contributed by atoms with van der Waals surface area (Å²) in [7, 11) is 1.73. The van der Waals surface area contributed by atoms with Crippen molar-refractivity contribution in [2.45, 2.75) is 51.4 Å². The average Bonchev–Trinajstić information content (AvgIpc) is 3.48. The number of nitrogens with zero attached hydrogens (tertiary/aromatic N) is 3. The second kappa shape index (κ2) is 12.3. The summed E-state index contributed by atoms with van der Waals surface area (Å²) in [5.41, 5.74) is 6.65. The molecule has 0 unspecified atom stereocenters. The van der Waals surface area contributed by atoms with Crippen molar-refractivity contribution in [3.8, 4) is 0 Å². The average molecular weight is 537 g/mol. The Morgan fingerprint density at radius 3 is 2.31 bits per heavy atom. The third-order valence-electron chi connectivity index (χ3n) is 7.14. The SMILES string of the molecule is CC(=O)NCC1=CNN(C)N1CC(=O)N1C[C@H](F)C[C@H]1C(=O)N[C@@H](c1ccccc1)c1ccc(C(C)C)cc1. The van der Waals surface area contributed by atoms with Gasteiger partial charge in [0, 0.05) is 26.6 Å². The minimum atomic E-state index is -1.30. The Balaban J connectivity index is 1.51. The Kier molecular flexibility index (Phi) is 8.86. The molecule has 0 saturated carbocycles. The Morgan fingerprint density at radius 2 is 1.67 bits per heavy atom. The Bertz CT molecular complexity index is 1200. The van der Waals surface area contributed by atoms with Crippen LogP contribution in [-0.2, 0) is 14.4 Å². The van der Waals surface area contributed by atoms with E-state index in [4.69, 9.17) is 0 Å². The predicted molar refractivity (Wildman–Crippen MR) is 146 cm³/mol. The smallest absolute Gasteiger partial charge is 0.244 e. The van der Waals surface area contributed by atoms with Crippen molar-refractivity contribution in [3.05, 3.63) is 83.2 Å². The molecule has 3 N–H and O–H groups in total. The summed E-state index contributed by atoms with van der Waals surface area (Å²) >= 11 is 0. The zero-order valence-electron chi connectivity index (χ0n) is 22.9. The Labute approximate surface area is 229 Å². The van der Waals surface area contributed by atoms with E-state index >= 15 is 0 Å². The highest BCUT2D eigenvalue weighted by Gasteiger charge is 2.41. The van der Waals surface area contributed by atoms with Gasteiger partial charge < -0.3 is 21.0 Å². The van der Waals surface area contributed by atoms with E-state index in [1.807, 2.05) is 42.5 Å². The molecule has 1 saturated heterocycles. The zero-order valence-corrected chi connectivity index (χ0v) is 22.9. The summed E-state index contributed by atoms with van der Waals surface area (Å²) in [6.45, 7) is 5.64. The molecule has 9 nitrogen and oxygen atoms in total. The maximum atomic E-state index is 14.7. The Morgan fingerprint density at radius 1 is 1.03 bits per heavy atom. The summed E-state index contributed by atoms with van der Waals surface area (Å²) in [6.07, 6.45) is 0.326. The van der Waals surface area contributed by atoms with E-state index in [9.17, 15) is 18.8 Å². The van der Waals surface area contributed by atoms with Crippen molar-refractivity contribution in [2.75, 3.05) is 26.7 Å². The van der Waals surface area contributed by atoms with Gasteiger partial charge in [-0.25, -0.2) is 4.39 Å². The van der Waals surface area contributed by atoms with Crippen LogP contribution in [0.4, 0.5) is 4.39 Å². The third kappa shape index (κ3) is 6.75. The van der Waals surface area contributed by atoms with Gasteiger partial charge in [-0.3, -0.25) is 19.4 Å². The lowest BCUT2D eigenvalue weighted by Gasteiger charge is -2.32. The topological polar surface area (TPSA) is 97.0 Å². The molecule has 0 spiro atoms. The van der Waals surface area contributed by atoms with E-state index in [0.29, 0.717) is 11.6 Å². The van der Waals surface area contributed by atoms with Gasteiger partial charge in [0.1, 0.15) is 18.8 Å². The molecule has 0 aromatic heterocycles. The second-order valence-electron chi connectivity index (χ2n) is 10.3. The number of rotatable bonds is 9. The predicted octanol–water partition coefficient (Wildman–Crippen LogP) is 2.60. The summed E-state index contributed by atoms with van der Waals surface area (Å²) in [5.74, 6) is -0.591. The summed E-state index contributed by atoms with van der Waals surface area (Å²) in [4.78, 5) is 39.7. The number of likely N-dealkylation sites (tertiary alicyclic amines) is 1. The lowest BCUT2D eigenvalue weighted by atomic mass is 9.95. The molecular weight excluding hydrogens is 499 g/mol. The van der Waals surface area contributed by atoms with Gasteiger partial charge in [-0.15, -0.1) is 5.12 Å². The van der Waals surface area contributed by atoms with E-state index < -0.39 is 24.2 Å². The van der Waals surface area contributed by atoms with Crippen LogP contribution in [0.15, 0.2) is 66.5 Å². The van der Waals surface area contributed by atoms with Crippen LogP contribution in [0.25, 0.3) is 0 Å². The molecule has 2 heterocycles. The summed E-state index contributed by atoms with van der Waals surface area (Å²) in [5, 5.41) is 9.07. The van der Waals surface area contributed by atoms with Crippen molar-refractivity contribution < 1.29 is 18.8 Å². The summed E-state index contributed by atoms with van der Waals surface area (Å²) < 4.78 is 14.7. The first-order valence-corrected chi connectivity index (χ1v) is 13.2. The van der Waals surface area contributed by atoms with Crippen molar-refractivity contribution in [3.63, 3.8) is 0 Å². The first-order chi connectivity index (χ1) is 18.6.